The maximum atomic E-state index is 13.4. The number of carbonyl (C=O) groups excluding carboxylic acids is 1. The van der Waals surface area contributed by atoms with Crippen molar-refractivity contribution in [1.29, 1.82) is 0 Å². The molecule has 1 aliphatic heterocycles. The smallest absolute Gasteiger partial charge is 0.270 e. The van der Waals surface area contributed by atoms with E-state index < -0.39 is 22.7 Å². The summed E-state index contributed by atoms with van der Waals surface area (Å²) in [6, 6.07) is 7.54. The average Bonchev–Trinajstić information content (AvgIpc) is 2.63. The average molecular weight is 474 g/mol. The van der Waals surface area contributed by atoms with Gasteiger partial charge < -0.3 is 9.64 Å². The fourth-order valence-electron chi connectivity index (χ4n) is 2.71. The van der Waals surface area contributed by atoms with Crippen molar-refractivity contribution >= 4 is 34.2 Å². The molecule has 0 bridgehead atoms. The molecular weight excluding hydrogens is 461 g/mol. The number of carbonyl (C=O) groups is 1. The normalized spacial score (nSPS) is 17.2. The van der Waals surface area contributed by atoms with Crippen molar-refractivity contribution in [2.24, 2.45) is 0 Å². The van der Waals surface area contributed by atoms with E-state index in [1.54, 1.807) is 4.90 Å². The summed E-state index contributed by atoms with van der Waals surface area (Å²) in [5.74, 6) is -2.21. The van der Waals surface area contributed by atoms with Crippen LogP contribution >= 0.6 is 22.6 Å². The minimum atomic E-state index is -0.973. The zero-order chi connectivity index (χ0) is 18.8. The van der Waals surface area contributed by atoms with Crippen LogP contribution in [0, 0.1) is 25.3 Å². The highest BCUT2D eigenvalue weighted by molar-refractivity contribution is 14.1. The lowest BCUT2D eigenvalue weighted by atomic mass is 10.1. The number of halogens is 3. The molecule has 26 heavy (non-hydrogen) atoms. The first-order valence-electron chi connectivity index (χ1n) is 7.66. The van der Waals surface area contributed by atoms with E-state index in [4.69, 9.17) is 4.74 Å². The van der Waals surface area contributed by atoms with Gasteiger partial charge in [0.05, 0.1) is 23.6 Å². The summed E-state index contributed by atoms with van der Waals surface area (Å²) >= 11 is 1.88. The second kappa shape index (κ2) is 7.62. The van der Waals surface area contributed by atoms with Crippen LogP contribution in [0.15, 0.2) is 36.4 Å². The lowest BCUT2D eigenvalue weighted by Gasteiger charge is -2.33. The SMILES string of the molecule is O=C(c1ccc([N+](=O)[O-])cc1I)N1CCOC(c2ccc(F)c(F)c2)C1. The molecule has 0 spiro atoms. The van der Waals surface area contributed by atoms with Gasteiger partial charge in [-0.05, 0) is 46.4 Å². The molecule has 1 amide bonds. The Labute approximate surface area is 161 Å². The molecule has 0 radical (unpaired) electrons. The number of amides is 1. The van der Waals surface area contributed by atoms with Crippen molar-refractivity contribution in [2.45, 2.75) is 6.10 Å². The van der Waals surface area contributed by atoms with Gasteiger partial charge in [-0.2, -0.15) is 0 Å². The second-order valence-electron chi connectivity index (χ2n) is 5.71. The molecule has 1 unspecified atom stereocenters. The predicted octanol–water partition coefficient (Wildman–Crippen LogP) is 3.69. The minimum Gasteiger partial charge on any atom is -0.370 e. The van der Waals surface area contributed by atoms with Crippen molar-refractivity contribution in [1.82, 2.24) is 4.90 Å². The molecule has 0 N–H and O–H groups in total. The maximum Gasteiger partial charge on any atom is 0.270 e. The number of nitro benzene ring substituents is 1. The maximum absolute atomic E-state index is 13.4. The fourth-order valence-corrected chi connectivity index (χ4v) is 3.44. The molecule has 1 saturated heterocycles. The largest absolute Gasteiger partial charge is 0.370 e. The number of benzene rings is 2. The first kappa shape index (κ1) is 18.6. The van der Waals surface area contributed by atoms with Gasteiger partial charge in [0, 0.05) is 22.2 Å². The number of morpholine rings is 1. The van der Waals surface area contributed by atoms with E-state index in [0.29, 0.717) is 21.2 Å². The first-order valence-corrected chi connectivity index (χ1v) is 8.74. The van der Waals surface area contributed by atoms with Gasteiger partial charge in [-0.15, -0.1) is 0 Å². The monoisotopic (exact) mass is 474 g/mol. The van der Waals surface area contributed by atoms with Gasteiger partial charge in [-0.25, -0.2) is 8.78 Å². The summed E-state index contributed by atoms with van der Waals surface area (Å²) in [5.41, 5.74) is 0.703. The highest BCUT2D eigenvalue weighted by Crippen LogP contribution is 2.26. The van der Waals surface area contributed by atoms with Crippen molar-refractivity contribution in [3.05, 3.63) is 72.8 Å². The zero-order valence-electron chi connectivity index (χ0n) is 13.3. The van der Waals surface area contributed by atoms with Gasteiger partial charge in [0.2, 0.25) is 0 Å². The number of rotatable bonds is 3. The number of non-ortho nitro benzene ring substituents is 1. The molecule has 0 aromatic heterocycles. The number of hydrogen-bond donors (Lipinski definition) is 0. The summed E-state index contributed by atoms with van der Waals surface area (Å²) in [4.78, 5) is 24.6. The van der Waals surface area contributed by atoms with Crippen LogP contribution in [0.1, 0.15) is 22.0 Å². The number of nitro groups is 1. The number of hydrogen-bond acceptors (Lipinski definition) is 4. The quantitative estimate of drug-likeness (QED) is 0.387. The molecular formula is C17H13F2IN2O4. The molecule has 136 valence electrons. The van der Waals surface area contributed by atoms with Crippen LogP contribution in [0.3, 0.4) is 0 Å². The molecule has 1 fully saturated rings. The van der Waals surface area contributed by atoms with Crippen molar-refractivity contribution in [3.63, 3.8) is 0 Å². The highest BCUT2D eigenvalue weighted by Gasteiger charge is 2.28. The lowest BCUT2D eigenvalue weighted by molar-refractivity contribution is -0.384. The third kappa shape index (κ3) is 3.83. The van der Waals surface area contributed by atoms with Crippen LogP contribution in [-0.4, -0.2) is 35.4 Å². The standard InChI is InChI=1S/C17H13F2IN2O4/c18-13-4-1-10(7-14(13)19)16-9-21(5-6-26-16)17(23)12-3-2-11(22(24)25)8-15(12)20/h1-4,7-8,16H,5-6,9H2. The summed E-state index contributed by atoms with van der Waals surface area (Å²) in [6.07, 6.45) is -0.571. The fraction of sp³-hybridized carbons (Fsp3) is 0.235. The van der Waals surface area contributed by atoms with E-state index in [-0.39, 0.29) is 24.7 Å². The van der Waals surface area contributed by atoms with E-state index in [1.807, 2.05) is 22.6 Å². The molecule has 1 atom stereocenters. The second-order valence-corrected chi connectivity index (χ2v) is 6.87. The molecule has 6 nitrogen and oxygen atoms in total. The van der Waals surface area contributed by atoms with Crippen LogP contribution in [0.25, 0.3) is 0 Å². The van der Waals surface area contributed by atoms with Gasteiger partial charge in [-0.3, -0.25) is 14.9 Å². The van der Waals surface area contributed by atoms with Crippen LogP contribution in [0.4, 0.5) is 14.5 Å². The van der Waals surface area contributed by atoms with Gasteiger partial charge in [0.25, 0.3) is 11.6 Å². The van der Waals surface area contributed by atoms with Crippen LogP contribution < -0.4 is 0 Å². The van der Waals surface area contributed by atoms with E-state index in [1.165, 1.54) is 24.3 Å². The summed E-state index contributed by atoms with van der Waals surface area (Å²) < 4.78 is 32.6. The summed E-state index contributed by atoms with van der Waals surface area (Å²) in [7, 11) is 0. The zero-order valence-corrected chi connectivity index (χ0v) is 15.5. The van der Waals surface area contributed by atoms with E-state index >= 15 is 0 Å². The van der Waals surface area contributed by atoms with Gasteiger partial charge in [0.1, 0.15) is 6.10 Å². The Bertz CT molecular complexity index is 878. The Morgan fingerprint density at radius 1 is 1.23 bits per heavy atom. The van der Waals surface area contributed by atoms with Crippen molar-refractivity contribution in [2.75, 3.05) is 19.7 Å². The Morgan fingerprint density at radius 2 is 2.00 bits per heavy atom. The number of nitrogens with zero attached hydrogens (tertiary/aromatic N) is 2. The van der Waals surface area contributed by atoms with Crippen LogP contribution in [0.2, 0.25) is 0 Å². The summed E-state index contributed by atoms with van der Waals surface area (Å²) in [6.45, 7) is 0.766. The number of ether oxygens (including phenoxy) is 1. The Hall–Kier alpha value is -2.14. The Morgan fingerprint density at radius 3 is 2.65 bits per heavy atom. The topological polar surface area (TPSA) is 72.7 Å². The molecule has 0 aliphatic carbocycles. The molecule has 2 aromatic rings. The summed E-state index contributed by atoms with van der Waals surface area (Å²) in [5, 5.41) is 10.8. The van der Waals surface area contributed by atoms with E-state index in [0.717, 1.165) is 12.1 Å². The highest BCUT2D eigenvalue weighted by atomic mass is 127. The third-order valence-corrected chi connectivity index (χ3v) is 4.96. The van der Waals surface area contributed by atoms with E-state index in [2.05, 4.69) is 0 Å². The Kier molecular flexibility index (Phi) is 5.47. The van der Waals surface area contributed by atoms with E-state index in [9.17, 15) is 23.7 Å². The van der Waals surface area contributed by atoms with Crippen molar-refractivity contribution in [3.8, 4) is 0 Å². The molecule has 1 heterocycles. The first-order chi connectivity index (χ1) is 12.4. The molecule has 0 saturated carbocycles. The van der Waals surface area contributed by atoms with Gasteiger partial charge in [0.15, 0.2) is 11.6 Å². The predicted molar refractivity (Wildman–Crippen MR) is 96.8 cm³/mol. The third-order valence-electron chi connectivity index (χ3n) is 4.06. The van der Waals surface area contributed by atoms with Crippen molar-refractivity contribution < 1.29 is 23.2 Å². The molecule has 3 rings (SSSR count). The molecule has 9 heteroatoms. The molecule has 2 aromatic carbocycles. The molecule has 1 aliphatic rings. The lowest BCUT2D eigenvalue weighted by Crippen LogP contribution is -2.42. The van der Waals surface area contributed by atoms with Gasteiger partial charge >= 0.3 is 0 Å². The Balaban J connectivity index is 1.79. The van der Waals surface area contributed by atoms with Crippen LogP contribution in [-0.2, 0) is 4.74 Å². The van der Waals surface area contributed by atoms with Crippen LogP contribution in [0.5, 0.6) is 0 Å². The minimum absolute atomic E-state index is 0.0902. The van der Waals surface area contributed by atoms with Gasteiger partial charge in [-0.1, -0.05) is 6.07 Å².